The Labute approximate surface area is 170 Å². The second kappa shape index (κ2) is 7.79. The van der Waals surface area contributed by atoms with Crippen LogP contribution < -0.4 is 9.64 Å². The van der Waals surface area contributed by atoms with Crippen molar-refractivity contribution in [1.29, 1.82) is 0 Å². The minimum atomic E-state index is -2.96. The Kier molecular flexibility index (Phi) is 5.38. The minimum Gasteiger partial charge on any atom is -0.494 e. The Morgan fingerprint density at radius 1 is 1.18 bits per heavy atom. The van der Waals surface area contributed by atoms with Gasteiger partial charge in [-0.1, -0.05) is 41.6 Å². The molecule has 2 aromatic rings. The Morgan fingerprint density at radius 3 is 2.64 bits per heavy atom. The molecule has 148 valence electrons. The lowest BCUT2D eigenvalue weighted by atomic mass is 10.1. The third kappa shape index (κ3) is 4.20. The molecule has 1 fully saturated rings. The van der Waals surface area contributed by atoms with Crippen LogP contribution in [-0.2, 0) is 16.4 Å². The van der Waals surface area contributed by atoms with Crippen LogP contribution in [-0.4, -0.2) is 43.0 Å². The first-order valence-electron chi connectivity index (χ1n) is 9.44. The van der Waals surface area contributed by atoms with Gasteiger partial charge in [-0.2, -0.15) is 0 Å². The SMILES string of the molecule is CCOc1ccc(N(Cc2cccc(C)c2)C2=NC3CS(=O)(=O)CC3S2)cc1. The Hall–Kier alpha value is -1.99. The number of rotatable bonds is 5. The Balaban J connectivity index is 1.64. The van der Waals surface area contributed by atoms with Gasteiger partial charge in [-0.25, -0.2) is 8.42 Å². The molecule has 4 rings (SSSR count). The molecule has 0 spiro atoms. The van der Waals surface area contributed by atoms with E-state index in [2.05, 4.69) is 36.1 Å². The number of nitrogens with zero attached hydrogens (tertiary/aromatic N) is 2. The number of hydrogen-bond donors (Lipinski definition) is 0. The zero-order valence-corrected chi connectivity index (χ0v) is 17.7. The maximum absolute atomic E-state index is 11.9. The number of hydrogen-bond acceptors (Lipinski definition) is 6. The summed E-state index contributed by atoms with van der Waals surface area (Å²) in [5, 5.41) is 0.929. The monoisotopic (exact) mass is 416 g/mol. The number of amidine groups is 1. The topological polar surface area (TPSA) is 59.0 Å². The fourth-order valence-electron chi connectivity index (χ4n) is 3.62. The molecular formula is C21H24N2O3S2. The molecule has 0 aromatic heterocycles. The van der Waals surface area contributed by atoms with E-state index in [0.717, 1.165) is 16.6 Å². The van der Waals surface area contributed by atoms with Gasteiger partial charge in [-0.3, -0.25) is 4.99 Å². The summed E-state index contributed by atoms with van der Waals surface area (Å²) < 4.78 is 29.4. The van der Waals surface area contributed by atoms with Crippen LogP contribution in [0, 0.1) is 6.92 Å². The predicted molar refractivity (Wildman–Crippen MR) is 116 cm³/mol. The van der Waals surface area contributed by atoms with Crippen LogP contribution in [0.2, 0.25) is 0 Å². The van der Waals surface area contributed by atoms with Crippen LogP contribution in [0.3, 0.4) is 0 Å². The van der Waals surface area contributed by atoms with Crippen molar-refractivity contribution in [2.75, 3.05) is 23.0 Å². The van der Waals surface area contributed by atoms with E-state index in [-0.39, 0.29) is 22.8 Å². The number of ether oxygens (including phenoxy) is 1. The van der Waals surface area contributed by atoms with Gasteiger partial charge in [-0.15, -0.1) is 0 Å². The average Bonchev–Trinajstić information content (AvgIpc) is 3.14. The van der Waals surface area contributed by atoms with E-state index in [1.807, 2.05) is 31.2 Å². The maximum Gasteiger partial charge on any atom is 0.164 e. The summed E-state index contributed by atoms with van der Waals surface area (Å²) in [7, 11) is -2.96. The summed E-state index contributed by atoms with van der Waals surface area (Å²) >= 11 is 1.59. The van der Waals surface area contributed by atoms with Gasteiger partial charge in [0.1, 0.15) is 5.75 Å². The van der Waals surface area contributed by atoms with Crippen LogP contribution >= 0.6 is 11.8 Å². The minimum absolute atomic E-state index is 0.0303. The zero-order chi connectivity index (χ0) is 19.7. The summed E-state index contributed by atoms with van der Waals surface area (Å²) in [6, 6.07) is 16.3. The number of aliphatic imine (C=N–C) groups is 1. The first kappa shape index (κ1) is 19.3. The van der Waals surface area contributed by atoms with Crippen molar-refractivity contribution in [3.05, 3.63) is 59.7 Å². The second-order valence-corrected chi connectivity index (χ2v) is 10.6. The van der Waals surface area contributed by atoms with Crippen LogP contribution in [0.5, 0.6) is 5.75 Å². The van der Waals surface area contributed by atoms with Crippen molar-refractivity contribution >= 4 is 32.5 Å². The van der Waals surface area contributed by atoms with Crippen LogP contribution in [0.1, 0.15) is 18.1 Å². The molecule has 2 aliphatic rings. The van der Waals surface area contributed by atoms with Gasteiger partial charge >= 0.3 is 0 Å². The van der Waals surface area contributed by atoms with Gasteiger partial charge in [0.25, 0.3) is 0 Å². The molecule has 5 nitrogen and oxygen atoms in total. The molecule has 2 heterocycles. The molecule has 2 unspecified atom stereocenters. The van der Waals surface area contributed by atoms with Gasteiger partial charge in [0, 0.05) is 10.9 Å². The molecule has 1 saturated heterocycles. The molecule has 0 amide bonds. The van der Waals surface area contributed by atoms with E-state index in [1.54, 1.807) is 11.8 Å². The Morgan fingerprint density at radius 2 is 1.96 bits per heavy atom. The largest absolute Gasteiger partial charge is 0.494 e. The number of benzene rings is 2. The molecule has 2 atom stereocenters. The molecule has 0 N–H and O–H groups in total. The normalized spacial score (nSPS) is 22.6. The molecule has 0 saturated carbocycles. The molecule has 7 heteroatoms. The highest BCUT2D eigenvalue weighted by molar-refractivity contribution is 8.15. The van der Waals surface area contributed by atoms with Crippen molar-refractivity contribution in [3.8, 4) is 5.75 Å². The number of sulfone groups is 1. The molecular weight excluding hydrogens is 392 g/mol. The number of anilines is 1. The quantitative estimate of drug-likeness (QED) is 0.744. The van der Waals surface area contributed by atoms with Crippen molar-refractivity contribution in [2.24, 2.45) is 4.99 Å². The zero-order valence-electron chi connectivity index (χ0n) is 16.0. The summed E-state index contributed by atoms with van der Waals surface area (Å²) in [5.74, 6) is 1.22. The third-order valence-corrected chi connectivity index (χ3v) is 8.17. The van der Waals surface area contributed by atoms with E-state index in [4.69, 9.17) is 9.73 Å². The highest BCUT2D eigenvalue weighted by Crippen LogP contribution is 2.37. The fraction of sp³-hybridized carbons (Fsp3) is 0.381. The summed E-state index contributed by atoms with van der Waals surface area (Å²) in [4.78, 5) is 6.98. The lowest BCUT2D eigenvalue weighted by Gasteiger charge is -2.25. The van der Waals surface area contributed by atoms with Crippen LogP contribution in [0.25, 0.3) is 0 Å². The standard InChI is InChI=1S/C21H24N2O3S2/c1-3-26-18-9-7-17(8-10-18)23(12-16-6-4-5-15(2)11-16)21-22-19-13-28(24,25)14-20(19)27-21/h4-11,19-20H,3,12-14H2,1-2H3. The van der Waals surface area contributed by atoms with E-state index < -0.39 is 9.84 Å². The number of aryl methyl sites for hydroxylation is 1. The average molecular weight is 417 g/mol. The van der Waals surface area contributed by atoms with Gasteiger partial charge in [0.15, 0.2) is 15.0 Å². The summed E-state index contributed by atoms with van der Waals surface area (Å²) in [6.45, 7) is 5.37. The van der Waals surface area contributed by atoms with E-state index in [0.29, 0.717) is 13.2 Å². The number of fused-ring (bicyclic) bond motifs is 1. The van der Waals surface area contributed by atoms with Crippen molar-refractivity contribution < 1.29 is 13.2 Å². The molecule has 2 aromatic carbocycles. The van der Waals surface area contributed by atoms with Gasteiger partial charge < -0.3 is 9.64 Å². The smallest absolute Gasteiger partial charge is 0.164 e. The predicted octanol–water partition coefficient (Wildman–Crippen LogP) is 3.67. The second-order valence-electron chi connectivity index (χ2n) is 7.21. The van der Waals surface area contributed by atoms with Gasteiger partial charge in [0.2, 0.25) is 0 Å². The van der Waals surface area contributed by atoms with Crippen molar-refractivity contribution in [3.63, 3.8) is 0 Å². The third-order valence-electron chi connectivity index (χ3n) is 4.92. The van der Waals surface area contributed by atoms with Gasteiger partial charge in [0.05, 0.1) is 30.7 Å². The van der Waals surface area contributed by atoms with Crippen LogP contribution in [0.15, 0.2) is 53.5 Å². The molecule has 0 bridgehead atoms. The van der Waals surface area contributed by atoms with Crippen molar-refractivity contribution in [1.82, 2.24) is 0 Å². The van der Waals surface area contributed by atoms with E-state index in [9.17, 15) is 8.42 Å². The summed E-state index contributed by atoms with van der Waals surface area (Å²) in [6.07, 6.45) is 0. The van der Waals surface area contributed by atoms with Crippen LogP contribution in [0.4, 0.5) is 5.69 Å². The first-order chi connectivity index (χ1) is 13.4. The lowest BCUT2D eigenvalue weighted by Crippen LogP contribution is -2.28. The number of thioether (sulfide) groups is 1. The molecule has 0 radical (unpaired) electrons. The fourth-order valence-corrected chi connectivity index (χ4v) is 7.40. The maximum atomic E-state index is 11.9. The molecule has 2 aliphatic heterocycles. The highest BCUT2D eigenvalue weighted by Gasteiger charge is 2.44. The van der Waals surface area contributed by atoms with E-state index in [1.165, 1.54) is 11.1 Å². The molecule has 28 heavy (non-hydrogen) atoms. The molecule has 0 aliphatic carbocycles. The lowest BCUT2D eigenvalue weighted by molar-refractivity contribution is 0.340. The van der Waals surface area contributed by atoms with E-state index >= 15 is 0 Å². The van der Waals surface area contributed by atoms with Crippen molar-refractivity contribution in [2.45, 2.75) is 31.7 Å². The first-order valence-corrected chi connectivity index (χ1v) is 12.1. The highest BCUT2D eigenvalue weighted by atomic mass is 32.2. The Bertz CT molecular complexity index is 987. The van der Waals surface area contributed by atoms with Gasteiger partial charge in [-0.05, 0) is 43.7 Å². The summed E-state index contributed by atoms with van der Waals surface area (Å²) in [5.41, 5.74) is 3.44.